The smallest absolute Gasteiger partial charge is 0.323 e. The van der Waals surface area contributed by atoms with E-state index < -0.39 is 24.1 Å². The van der Waals surface area contributed by atoms with Gasteiger partial charge in [0.2, 0.25) is 0 Å². The van der Waals surface area contributed by atoms with Gasteiger partial charge in [-0.2, -0.15) is 0 Å². The van der Waals surface area contributed by atoms with Crippen molar-refractivity contribution in [2.24, 2.45) is 16.5 Å². The van der Waals surface area contributed by atoms with Gasteiger partial charge < -0.3 is 40.3 Å². The van der Waals surface area contributed by atoms with Gasteiger partial charge in [0.1, 0.15) is 37.1 Å². The second-order valence-electron chi connectivity index (χ2n) is 7.96. The van der Waals surface area contributed by atoms with E-state index in [4.69, 9.17) is 35.2 Å². The lowest BCUT2D eigenvalue weighted by Crippen LogP contribution is -2.45. The molecule has 0 spiro atoms. The number of hydrogen-bond acceptors (Lipinski definition) is 9. The quantitative estimate of drug-likeness (QED) is 0.111. The second kappa shape index (κ2) is 13.2. The molecule has 34 heavy (non-hydrogen) atoms. The van der Waals surface area contributed by atoms with Gasteiger partial charge in [0.05, 0.1) is 26.4 Å². The van der Waals surface area contributed by atoms with Crippen LogP contribution >= 0.6 is 0 Å². The van der Waals surface area contributed by atoms with E-state index in [0.717, 1.165) is 5.56 Å². The van der Waals surface area contributed by atoms with E-state index >= 15 is 0 Å². The molecule has 2 saturated heterocycles. The lowest BCUT2D eigenvalue weighted by Gasteiger charge is -2.20. The molecule has 0 aromatic heterocycles. The average Bonchev–Trinajstić information content (AvgIpc) is 3.40. The number of nitrogens with zero attached hydrogens (tertiary/aromatic N) is 1. The molecular weight excluding hydrogens is 448 g/mol. The molecule has 3 rings (SSSR count). The Morgan fingerprint density at radius 3 is 2.44 bits per heavy atom. The van der Waals surface area contributed by atoms with E-state index in [0.29, 0.717) is 26.2 Å². The third-order valence-corrected chi connectivity index (χ3v) is 5.40. The maximum absolute atomic E-state index is 12.0. The first-order valence-corrected chi connectivity index (χ1v) is 11.1. The van der Waals surface area contributed by atoms with Crippen molar-refractivity contribution in [1.29, 1.82) is 0 Å². The summed E-state index contributed by atoms with van der Waals surface area (Å²) in [5, 5.41) is 12.1. The Bertz CT molecular complexity index is 820. The van der Waals surface area contributed by atoms with Gasteiger partial charge in [-0.3, -0.25) is 19.9 Å². The lowest BCUT2D eigenvalue weighted by molar-refractivity contribution is -0.146. The number of esters is 1. The Morgan fingerprint density at radius 2 is 1.79 bits per heavy atom. The molecule has 188 valence electrons. The van der Waals surface area contributed by atoms with Crippen molar-refractivity contribution in [2.45, 2.75) is 43.5 Å². The summed E-state index contributed by atoms with van der Waals surface area (Å²) in [5.41, 5.74) is 11.4. The Balaban J connectivity index is 1.36. The maximum Gasteiger partial charge on any atom is 0.323 e. The van der Waals surface area contributed by atoms with Gasteiger partial charge in [-0.15, -0.1) is 0 Å². The van der Waals surface area contributed by atoms with Gasteiger partial charge >= 0.3 is 11.9 Å². The Hall–Kier alpha value is -2.77. The van der Waals surface area contributed by atoms with Crippen LogP contribution in [0.4, 0.5) is 0 Å². The molecule has 0 aliphatic carbocycles. The highest BCUT2D eigenvalue weighted by molar-refractivity contribution is 5.76. The van der Waals surface area contributed by atoms with E-state index in [1.807, 2.05) is 30.3 Å². The number of aliphatic imine (C=N–C) groups is 1. The highest BCUT2D eigenvalue weighted by Crippen LogP contribution is 2.30. The summed E-state index contributed by atoms with van der Waals surface area (Å²) in [6, 6.07) is 8.12. The molecule has 2 aliphatic rings. The molecule has 12 nitrogen and oxygen atoms in total. The van der Waals surface area contributed by atoms with Crippen LogP contribution in [-0.2, 0) is 39.9 Å². The normalized spacial score (nSPS) is 24.4. The van der Waals surface area contributed by atoms with Gasteiger partial charge in [-0.25, -0.2) is 0 Å². The zero-order chi connectivity index (χ0) is 24.3. The van der Waals surface area contributed by atoms with Crippen molar-refractivity contribution >= 4 is 17.9 Å². The highest BCUT2D eigenvalue weighted by atomic mass is 16.6. The zero-order valence-electron chi connectivity index (χ0n) is 18.8. The van der Waals surface area contributed by atoms with Crippen LogP contribution in [0.3, 0.4) is 0 Å². The highest BCUT2D eigenvalue weighted by Gasteiger charge is 2.49. The maximum atomic E-state index is 12.0. The van der Waals surface area contributed by atoms with Crippen LogP contribution in [0.5, 0.6) is 0 Å². The summed E-state index contributed by atoms with van der Waals surface area (Å²) in [7, 11) is 0. The van der Waals surface area contributed by atoms with Crippen molar-refractivity contribution in [3.8, 4) is 0 Å². The fourth-order valence-corrected chi connectivity index (χ4v) is 3.66. The number of carboxylic acid groups (broad SMARTS) is 1. The number of hydrogen-bond donors (Lipinski definition) is 4. The number of carbonyl (C=O) groups is 2. The number of carbonyl (C=O) groups excluding carboxylic acids is 1. The predicted molar refractivity (Wildman–Crippen MR) is 120 cm³/mol. The van der Waals surface area contributed by atoms with Crippen molar-refractivity contribution in [3.05, 3.63) is 35.9 Å². The number of nitrogens with one attached hydrogen (secondary N) is 1. The molecule has 6 N–H and O–H groups in total. The number of fused-ring (bicyclic) bond motifs is 1. The molecule has 12 heteroatoms. The van der Waals surface area contributed by atoms with Gasteiger partial charge in [0, 0.05) is 13.2 Å². The Morgan fingerprint density at radius 1 is 1.12 bits per heavy atom. The summed E-state index contributed by atoms with van der Waals surface area (Å²) >= 11 is 0. The first kappa shape index (κ1) is 25.8. The predicted octanol–water partition coefficient (Wildman–Crippen LogP) is -0.996. The van der Waals surface area contributed by atoms with Crippen LogP contribution in [0, 0.1) is 0 Å². The minimum Gasteiger partial charge on any atom is -0.480 e. The summed E-state index contributed by atoms with van der Waals surface area (Å²) in [5.74, 6) is -1.65. The van der Waals surface area contributed by atoms with Crippen LogP contribution < -0.4 is 16.8 Å². The van der Waals surface area contributed by atoms with E-state index in [2.05, 4.69) is 10.3 Å². The number of nitrogens with two attached hydrogens (primary N) is 2. The number of carboxylic acids is 1. The largest absolute Gasteiger partial charge is 0.480 e. The Kier molecular flexibility index (Phi) is 10.0. The SMILES string of the molecule is NC(N)=NCCCOC1CO[C@H]2[C@@H]1OC[C@H]2OC[C@H](NCC(=O)OCc1ccccc1)C(=O)O. The van der Waals surface area contributed by atoms with Crippen molar-refractivity contribution in [2.75, 3.05) is 39.5 Å². The molecule has 0 radical (unpaired) electrons. The van der Waals surface area contributed by atoms with Crippen molar-refractivity contribution in [1.82, 2.24) is 5.32 Å². The molecule has 0 saturated carbocycles. The van der Waals surface area contributed by atoms with Gasteiger partial charge in [0.25, 0.3) is 0 Å². The number of guanidine groups is 1. The molecular formula is C22H32N4O8. The van der Waals surface area contributed by atoms with Crippen LogP contribution in [0.1, 0.15) is 12.0 Å². The fourth-order valence-electron chi connectivity index (χ4n) is 3.66. The van der Waals surface area contributed by atoms with Gasteiger partial charge in [-0.1, -0.05) is 30.3 Å². The molecule has 2 aliphatic heterocycles. The van der Waals surface area contributed by atoms with Gasteiger partial charge in [-0.05, 0) is 12.0 Å². The van der Waals surface area contributed by atoms with Crippen LogP contribution in [0.25, 0.3) is 0 Å². The molecule has 0 bridgehead atoms. The standard InChI is InChI=1S/C22H32N4O8/c23-22(24)25-7-4-8-30-16-12-33-20-17(13-34-19(16)20)31-11-15(21(28)29)26-9-18(27)32-10-14-5-2-1-3-6-14/h1-3,5-6,15-17,19-20,26H,4,7-13H2,(H,28,29)(H4,23,24,25)/t15-,16?,17+,19+,20+/m0/s1. The van der Waals surface area contributed by atoms with Gasteiger partial charge in [0.15, 0.2) is 5.96 Å². The first-order valence-electron chi connectivity index (χ1n) is 11.1. The minimum atomic E-state index is -1.14. The molecule has 2 heterocycles. The summed E-state index contributed by atoms with van der Waals surface area (Å²) in [6.45, 7) is 1.24. The zero-order valence-corrected chi connectivity index (χ0v) is 18.8. The molecule has 1 aromatic rings. The van der Waals surface area contributed by atoms with Crippen LogP contribution in [0.2, 0.25) is 0 Å². The lowest BCUT2D eigenvalue weighted by atomic mass is 10.1. The topological polar surface area (TPSA) is 177 Å². The molecule has 1 unspecified atom stereocenters. The van der Waals surface area contributed by atoms with E-state index in [-0.39, 0.29) is 50.6 Å². The van der Waals surface area contributed by atoms with E-state index in [9.17, 15) is 14.7 Å². The third kappa shape index (κ3) is 7.92. The van der Waals surface area contributed by atoms with Crippen LogP contribution in [-0.4, -0.2) is 93.0 Å². The molecule has 5 atom stereocenters. The number of ether oxygens (including phenoxy) is 5. The summed E-state index contributed by atoms with van der Waals surface area (Å²) in [6.07, 6.45) is -0.671. The Labute approximate surface area is 197 Å². The first-order chi connectivity index (χ1) is 16.4. The third-order valence-electron chi connectivity index (χ3n) is 5.40. The van der Waals surface area contributed by atoms with E-state index in [1.54, 1.807) is 0 Å². The molecule has 1 aromatic carbocycles. The number of aliphatic carboxylic acids is 1. The minimum absolute atomic E-state index is 0.0432. The fraction of sp³-hybridized carbons (Fsp3) is 0.591. The second-order valence-corrected chi connectivity index (χ2v) is 7.96. The number of rotatable bonds is 14. The number of benzene rings is 1. The molecule has 2 fully saturated rings. The summed E-state index contributed by atoms with van der Waals surface area (Å²) in [4.78, 5) is 27.4. The van der Waals surface area contributed by atoms with Crippen molar-refractivity contribution < 1.29 is 38.4 Å². The average molecular weight is 481 g/mol. The molecule has 0 amide bonds. The monoisotopic (exact) mass is 480 g/mol. The van der Waals surface area contributed by atoms with Crippen molar-refractivity contribution in [3.63, 3.8) is 0 Å². The van der Waals surface area contributed by atoms with E-state index in [1.165, 1.54) is 0 Å². The summed E-state index contributed by atoms with van der Waals surface area (Å²) < 4.78 is 28.3. The van der Waals surface area contributed by atoms with Crippen LogP contribution in [0.15, 0.2) is 35.3 Å².